The van der Waals surface area contributed by atoms with Crippen LogP contribution in [0, 0.1) is 5.82 Å². The molecule has 8 nitrogen and oxygen atoms in total. The number of rotatable bonds is 4. The lowest BCUT2D eigenvalue weighted by atomic mass is 10.1. The van der Waals surface area contributed by atoms with Crippen molar-refractivity contribution in [1.82, 2.24) is 24.1 Å². The number of aryl methyl sites for hydroxylation is 1. The fraction of sp³-hybridized carbons (Fsp3) is 0.500. The van der Waals surface area contributed by atoms with Gasteiger partial charge in [0.1, 0.15) is 5.69 Å². The standard InChI is InChI=1S/C14H19FN6O2S/c1-20-9-10(7-17-20)13-12(15)8-16-14(19-13)18-11-3-5-21(6-4-11)24(2,22)23/h7-9,11H,3-6H2,1-2H3,(H,16,18,19). The van der Waals surface area contributed by atoms with E-state index in [0.29, 0.717) is 37.4 Å². The quantitative estimate of drug-likeness (QED) is 0.875. The Morgan fingerprint density at radius 3 is 2.58 bits per heavy atom. The van der Waals surface area contributed by atoms with E-state index in [1.165, 1.54) is 10.6 Å². The van der Waals surface area contributed by atoms with Gasteiger partial charge < -0.3 is 5.32 Å². The van der Waals surface area contributed by atoms with Gasteiger partial charge in [-0.05, 0) is 12.8 Å². The monoisotopic (exact) mass is 354 g/mol. The summed E-state index contributed by atoms with van der Waals surface area (Å²) in [7, 11) is -1.41. The maximum Gasteiger partial charge on any atom is 0.223 e. The number of halogens is 1. The van der Waals surface area contributed by atoms with Crippen LogP contribution in [0.15, 0.2) is 18.6 Å². The number of hydrogen-bond donors (Lipinski definition) is 1. The van der Waals surface area contributed by atoms with Crippen LogP contribution in [0.3, 0.4) is 0 Å². The number of piperidine rings is 1. The minimum atomic E-state index is -3.15. The number of aromatic nitrogens is 4. The normalized spacial score (nSPS) is 17.1. The minimum Gasteiger partial charge on any atom is -0.351 e. The average molecular weight is 354 g/mol. The predicted molar refractivity (Wildman–Crippen MR) is 87.3 cm³/mol. The second kappa shape index (κ2) is 6.44. The van der Waals surface area contributed by atoms with Gasteiger partial charge in [-0.25, -0.2) is 27.1 Å². The fourth-order valence-corrected chi connectivity index (χ4v) is 3.57. The summed E-state index contributed by atoms with van der Waals surface area (Å²) < 4.78 is 40.0. The van der Waals surface area contributed by atoms with Crippen molar-refractivity contribution in [2.75, 3.05) is 24.7 Å². The second-order valence-corrected chi connectivity index (χ2v) is 7.86. The second-order valence-electron chi connectivity index (χ2n) is 5.87. The van der Waals surface area contributed by atoms with Gasteiger partial charge in [-0.2, -0.15) is 5.10 Å². The largest absolute Gasteiger partial charge is 0.351 e. The Hall–Kier alpha value is -2.07. The van der Waals surface area contributed by atoms with Crippen molar-refractivity contribution in [1.29, 1.82) is 0 Å². The van der Waals surface area contributed by atoms with Crippen LogP contribution in [-0.2, 0) is 17.1 Å². The van der Waals surface area contributed by atoms with E-state index in [9.17, 15) is 12.8 Å². The highest BCUT2D eigenvalue weighted by Crippen LogP contribution is 2.22. The average Bonchev–Trinajstić information content (AvgIpc) is 2.95. The molecule has 2 aromatic heterocycles. The van der Waals surface area contributed by atoms with Crippen LogP contribution in [0.1, 0.15) is 12.8 Å². The van der Waals surface area contributed by atoms with E-state index in [-0.39, 0.29) is 11.7 Å². The van der Waals surface area contributed by atoms with Crippen molar-refractivity contribution in [2.24, 2.45) is 7.05 Å². The van der Waals surface area contributed by atoms with E-state index in [0.717, 1.165) is 6.20 Å². The molecular weight excluding hydrogens is 335 g/mol. The molecule has 0 spiro atoms. The molecule has 0 aromatic carbocycles. The molecule has 24 heavy (non-hydrogen) atoms. The number of nitrogens with one attached hydrogen (secondary N) is 1. The summed E-state index contributed by atoms with van der Waals surface area (Å²) in [4.78, 5) is 8.21. The third-order valence-electron chi connectivity index (χ3n) is 3.98. The highest BCUT2D eigenvalue weighted by molar-refractivity contribution is 7.88. The van der Waals surface area contributed by atoms with E-state index < -0.39 is 15.8 Å². The van der Waals surface area contributed by atoms with Crippen molar-refractivity contribution < 1.29 is 12.8 Å². The Morgan fingerprint density at radius 1 is 1.29 bits per heavy atom. The van der Waals surface area contributed by atoms with Crippen LogP contribution >= 0.6 is 0 Å². The molecule has 130 valence electrons. The van der Waals surface area contributed by atoms with Crippen molar-refractivity contribution in [2.45, 2.75) is 18.9 Å². The van der Waals surface area contributed by atoms with Crippen LogP contribution < -0.4 is 5.32 Å². The summed E-state index contributed by atoms with van der Waals surface area (Å²) >= 11 is 0. The lowest BCUT2D eigenvalue weighted by Crippen LogP contribution is -2.42. The first-order valence-corrected chi connectivity index (χ1v) is 9.41. The molecule has 1 aliphatic rings. The van der Waals surface area contributed by atoms with Crippen molar-refractivity contribution in [3.05, 3.63) is 24.4 Å². The van der Waals surface area contributed by atoms with E-state index in [1.54, 1.807) is 24.1 Å². The van der Waals surface area contributed by atoms with Crippen LogP contribution in [0.25, 0.3) is 11.3 Å². The maximum atomic E-state index is 14.0. The van der Waals surface area contributed by atoms with E-state index in [2.05, 4.69) is 20.4 Å². The molecule has 1 aliphatic heterocycles. The van der Waals surface area contributed by atoms with Crippen molar-refractivity contribution in [3.63, 3.8) is 0 Å². The molecule has 10 heteroatoms. The molecule has 3 heterocycles. The molecule has 0 saturated carbocycles. The van der Waals surface area contributed by atoms with Crippen molar-refractivity contribution >= 4 is 16.0 Å². The lowest BCUT2D eigenvalue weighted by molar-refractivity contribution is 0.331. The van der Waals surface area contributed by atoms with Gasteiger partial charge in [-0.1, -0.05) is 0 Å². The fourth-order valence-electron chi connectivity index (χ4n) is 2.70. The summed E-state index contributed by atoms with van der Waals surface area (Å²) in [5.41, 5.74) is 0.765. The third-order valence-corrected chi connectivity index (χ3v) is 5.28. The molecule has 1 N–H and O–H groups in total. The van der Waals surface area contributed by atoms with Crippen LogP contribution in [-0.4, -0.2) is 57.9 Å². The van der Waals surface area contributed by atoms with Gasteiger partial charge in [0.05, 0.1) is 18.6 Å². The zero-order chi connectivity index (χ0) is 17.3. The Balaban J connectivity index is 1.71. The molecule has 3 rings (SSSR count). The molecular formula is C14H19FN6O2S. The first-order valence-electron chi connectivity index (χ1n) is 7.56. The van der Waals surface area contributed by atoms with Gasteiger partial charge in [0.2, 0.25) is 16.0 Å². The SMILES string of the molecule is Cn1cc(-c2nc(NC3CCN(S(C)(=O)=O)CC3)ncc2F)cn1. The highest BCUT2D eigenvalue weighted by atomic mass is 32.2. The molecule has 0 aliphatic carbocycles. The predicted octanol–water partition coefficient (Wildman–Crippen LogP) is 0.852. The molecule has 1 fully saturated rings. The summed E-state index contributed by atoms with van der Waals surface area (Å²) in [6.07, 6.45) is 6.86. The van der Waals surface area contributed by atoms with Gasteiger partial charge in [0.25, 0.3) is 0 Å². The first-order chi connectivity index (χ1) is 11.3. The Bertz CT molecular complexity index is 830. The Kier molecular flexibility index (Phi) is 4.50. The minimum absolute atomic E-state index is 0.0511. The molecule has 0 amide bonds. The molecule has 0 atom stereocenters. The maximum absolute atomic E-state index is 14.0. The number of hydrogen-bond acceptors (Lipinski definition) is 6. The van der Waals surface area contributed by atoms with Gasteiger partial charge in [-0.3, -0.25) is 4.68 Å². The summed E-state index contributed by atoms with van der Waals surface area (Å²) in [5, 5.41) is 7.18. The molecule has 1 saturated heterocycles. The summed E-state index contributed by atoms with van der Waals surface area (Å²) in [6, 6.07) is 0.0511. The number of anilines is 1. The van der Waals surface area contributed by atoms with Gasteiger partial charge >= 0.3 is 0 Å². The Morgan fingerprint density at radius 2 is 2.00 bits per heavy atom. The zero-order valence-corrected chi connectivity index (χ0v) is 14.3. The zero-order valence-electron chi connectivity index (χ0n) is 13.5. The van der Waals surface area contributed by atoms with Crippen LogP contribution in [0.5, 0.6) is 0 Å². The van der Waals surface area contributed by atoms with Gasteiger partial charge in [0, 0.05) is 37.9 Å². The van der Waals surface area contributed by atoms with Crippen LogP contribution in [0.4, 0.5) is 10.3 Å². The van der Waals surface area contributed by atoms with Crippen LogP contribution in [0.2, 0.25) is 0 Å². The molecule has 0 radical (unpaired) electrons. The highest BCUT2D eigenvalue weighted by Gasteiger charge is 2.25. The van der Waals surface area contributed by atoms with Crippen molar-refractivity contribution in [3.8, 4) is 11.3 Å². The summed E-state index contributed by atoms with van der Waals surface area (Å²) in [6.45, 7) is 0.903. The van der Waals surface area contributed by atoms with E-state index in [4.69, 9.17) is 0 Å². The molecule has 0 unspecified atom stereocenters. The van der Waals surface area contributed by atoms with E-state index >= 15 is 0 Å². The Labute approximate surface area is 139 Å². The lowest BCUT2D eigenvalue weighted by Gasteiger charge is -2.30. The topological polar surface area (TPSA) is 93.0 Å². The first kappa shape index (κ1) is 16.8. The van der Waals surface area contributed by atoms with Gasteiger partial charge in [0.15, 0.2) is 5.82 Å². The number of sulfonamides is 1. The van der Waals surface area contributed by atoms with E-state index in [1.807, 2.05) is 0 Å². The molecule has 2 aromatic rings. The number of nitrogens with zero attached hydrogens (tertiary/aromatic N) is 5. The molecule has 0 bridgehead atoms. The third kappa shape index (κ3) is 3.70. The van der Waals surface area contributed by atoms with Gasteiger partial charge in [-0.15, -0.1) is 0 Å². The smallest absolute Gasteiger partial charge is 0.223 e. The summed E-state index contributed by atoms with van der Waals surface area (Å²) in [5.74, 6) is -0.187.